The second-order valence-corrected chi connectivity index (χ2v) is 5.47. The van der Waals surface area contributed by atoms with Crippen LogP contribution in [0.25, 0.3) is 0 Å². The topological polar surface area (TPSA) is 21.3 Å². The molecule has 0 saturated carbocycles. The third-order valence-electron chi connectivity index (χ3n) is 2.93. The van der Waals surface area contributed by atoms with Crippen LogP contribution in [-0.4, -0.2) is 19.3 Å². The van der Waals surface area contributed by atoms with E-state index in [4.69, 9.17) is 16.3 Å². The molecule has 1 aromatic heterocycles. The number of halogens is 1. The lowest BCUT2D eigenvalue weighted by molar-refractivity contribution is 0.0951. The van der Waals surface area contributed by atoms with Crippen molar-refractivity contribution >= 4 is 22.9 Å². The summed E-state index contributed by atoms with van der Waals surface area (Å²) in [7, 11) is 0. The molecule has 2 atom stereocenters. The van der Waals surface area contributed by atoms with Crippen LogP contribution in [0.15, 0.2) is 11.4 Å². The first kappa shape index (κ1) is 12.4. The lowest BCUT2D eigenvalue weighted by Gasteiger charge is -2.20. The average Bonchev–Trinajstić information content (AvgIpc) is 2.88. The van der Waals surface area contributed by atoms with Crippen molar-refractivity contribution in [3.63, 3.8) is 0 Å². The summed E-state index contributed by atoms with van der Waals surface area (Å²) in [6, 6.07) is 2.32. The van der Waals surface area contributed by atoms with Gasteiger partial charge in [0.05, 0.1) is 11.1 Å². The first-order valence-corrected chi connectivity index (χ1v) is 7.15. The molecule has 1 aliphatic rings. The number of ether oxygens (including phenoxy) is 1. The molecule has 2 unspecified atom stereocenters. The fraction of sp³-hybridized carbons (Fsp3) is 0.667. The molecule has 2 nitrogen and oxygen atoms in total. The molecular formula is C12H18ClNOS. The van der Waals surface area contributed by atoms with Gasteiger partial charge in [0.15, 0.2) is 0 Å². The van der Waals surface area contributed by atoms with E-state index in [1.807, 2.05) is 6.07 Å². The minimum Gasteiger partial charge on any atom is -0.378 e. The number of nitrogens with one attached hydrogen (secondary N) is 1. The van der Waals surface area contributed by atoms with Crippen molar-refractivity contribution in [1.82, 2.24) is 5.32 Å². The first-order chi connectivity index (χ1) is 7.81. The molecule has 4 heteroatoms. The Hall–Kier alpha value is -0.0900. The molecule has 0 aromatic carbocycles. The van der Waals surface area contributed by atoms with Gasteiger partial charge in [0.25, 0.3) is 0 Å². The van der Waals surface area contributed by atoms with Crippen molar-refractivity contribution in [1.29, 1.82) is 0 Å². The third kappa shape index (κ3) is 2.98. The zero-order valence-corrected chi connectivity index (χ0v) is 11.1. The second kappa shape index (κ2) is 6.01. The van der Waals surface area contributed by atoms with E-state index in [-0.39, 0.29) is 0 Å². The highest BCUT2D eigenvalue weighted by atomic mass is 35.5. The zero-order valence-electron chi connectivity index (χ0n) is 9.54. The Morgan fingerprint density at radius 1 is 1.69 bits per heavy atom. The van der Waals surface area contributed by atoms with Crippen LogP contribution in [0.3, 0.4) is 0 Å². The zero-order chi connectivity index (χ0) is 11.4. The Bertz CT molecular complexity index is 323. The van der Waals surface area contributed by atoms with Crippen molar-refractivity contribution in [3.05, 3.63) is 21.3 Å². The summed E-state index contributed by atoms with van der Waals surface area (Å²) >= 11 is 7.92. The van der Waals surface area contributed by atoms with Gasteiger partial charge in [-0.2, -0.15) is 0 Å². The number of rotatable bonds is 5. The summed E-state index contributed by atoms with van der Waals surface area (Å²) < 4.78 is 5.69. The third-order valence-corrected chi connectivity index (χ3v) is 4.41. The molecule has 0 bridgehead atoms. The summed E-state index contributed by atoms with van der Waals surface area (Å²) in [5, 5.41) is 6.44. The fourth-order valence-electron chi connectivity index (χ4n) is 2.18. The molecular weight excluding hydrogens is 242 g/mol. The molecule has 1 N–H and O–H groups in total. The molecule has 2 heterocycles. The van der Waals surface area contributed by atoms with Crippen molar-refractivity contribution < 1.29 is 4.74 Å². The Morgan fingerprint density at radius 2 is 2.56 bits per heavy atom. The van der Waals surface area contributed by atoms with Crippen molar-refractivity contribution in [2.75, 3.05) is 13.2 Å². The number of hydrogen-bond donors (Lipinski definition) is 1. The average molecular weight is 260 g/mol. The summed E-state index contributed by atoms with van der Waals surface area (Å²) in [4.78, 5) is 1.25. The van der Waals surface area contributed by atoms with Gasteiger partial charge in [-0.05, 0) is 37.3 Å². The lowest BCUT2D eigenvalue weighted by atomic mass is 10.1. The van der Waals surface area contributed by atoms with Gasteiger partial charge in [-0.25, -0.2) is 0 Å². The highest BCUT2D eigenvalue weighted by molar-refractivity contribution is 7.10. The van der Waals surface area contributed by atoms with E-state index in [2.05, 4.69) is 17.6 Å². The summed E-state index contributed by atoms with van der Waals surface area (Å²) in [5.41, 5.74) is 0. The summed E-state index contributed by atoms with van der Waals surface area (Å²) in [6.07, 6.45) is 3.82. The van der Waals surface area contributed by atoms with Crippen molar-refractivity contribution in [2.24, 2.45) is 0 Å². The van der Waals surface area contributed by atoms with Gasteiger partial charge in [-0.3, -0.25) is 0 Å². The predicted molar refractivity (Wildman–Crippen MR) is 69.3 cm³/mol. The van der Waals surface area contributed by atoms with E-state index in [0.29, 0.717) is 12.1 Å². The first-order valence-electron chi connectivity index (χ1n) is 5.89. The molecule has 0 amide bonds. The molecule has 90 valence electrons. The number of thiophene rings is 1. The van der Waals surface area contributed by atoms with Gasteiger partial charge in [-0.15, -0.1) is 11.3 Å². The van der Waals surface area contributed by atoms with Crippen LogP contribution in [0, 0.1) is 0 Å². The normalized spacial score (nSPS) is 22.5. The molecule has 2 rings (SSSR count). The molecule has 0 aliphatic carbocycles. The molecule has 16 heavy (non-hydrogen) atoms. The SMILES string of the molecule is CCNC(CC1CCCO1)c1sccc1Cl. The van der Waals surface area contributed by atoms with Crippen LogP contribution in [-0.2, 0) is 4.74 Å². The smallest absolute Gasteiger partial charge is 0.0594 e. The van der Waals surface area contributed by atoms with Crippen molar-refractivity contribution in [3.8, 4) is 0 Å². The molecule has 0 radical (unpaired) electrons. The van der Waals surface area contributed by atoms with Crippen LogP contribution < -0.4 is 5.32 Å². The van der Waals surface area contributed by atoms with Gasteiger partial charge < -0.3 is 10.1 Å². The maximum Gasteiger partial charge on any atom is 0.0594 e. The van der Waals surface area contributed by atoms with Crippen LogP contribution in [0.5, 0.6) is 0 Å². The Morgan fingerprint density at radius 3 is 3.12 bits per heavy atom. The standard InChI is InChI=1S/C12H18ClNOS/c1-2-14-11(8-9-4-3-6-15-9)12-10(13)5-7-16-12/h5,7,9,11,14H,2-4,6,8H2,1H3. The summed E-state index contributed by atoms with van der Waals surface area (Å²) in [6.45, 7) is 4.01. The monoisotopic (exact) mass is 259 g/mol. The quantitative estimate of drug-likeness (QED) is 0.872. The molecule has 0 spiro atoms. The maximum absolute atomic E-state index is 6.19. The van der Waals surface area contributed by atoms with Gasteiger partial charge in [0.2, 0.25) is 0 Å². The largest absolute Gasteiger partial charge is 0.378 e. The van der Waals surface area contributed by atoms with Crippen molar-refractivity contribution in [2.45, 2.75) is 38.3 Å². The van der Waals surface area contributed by atoms with Crippen LogP contribution >= 0.6 is 22.9 Å². The van der Waals surface area contributed by atoms with E-state index in [0.717, 1.165) is 24.6 Å². The second-order valence-electron chi connectivity index (χ2n) is 4.11. The van der Waals surface area contributed by atoms with E-state index < -0.39 is 0 Å². The van der Waals surface area contributed by atoms with E-state index >= 15 is 0 Å². The van der Waals surface area contributed by atoms with Gasteiger partial charge >= 0.3 is 0 Å². The molecule has 1 aromatic rings. The minimum atomic E-state index is 0.348. The highest BCUT2D eigenvalue weighted by Gasteiger charge is 2.23. The van der Waals surface area contributed by atoms with E-state index in [1.54, 1.807) is 11.3 Å². The molecule has 1 saturated heterocycles. The van der Waals surface area contributed by atoms with Gasteiger partial charge in [0, 0.05) is 17.5 Å². The van der Waals surface area contributed by atoms with Crippen LogP contribution in [0.4, 0.5) is 0 Å². The van der Waals surface area contributed by atoms with Crippen LogP contribution in [0.1, 0.15) is 37.1 Å². The predicted octanol–water partition coefficient (Wildman–Crippen LogP) is 3.62. The summed E-state index contributed by atoms with van der Waals surface area (Å²) in [5.74, 6) is 0. The minimum absolute atomic E-state index is 0.348. The Labute approximate surface area is 106 Å². The van der Waals surface area contributed by atoms with Gasteiger partial charge in [-0.1, -0.05) is 18.5 Å². The molecule has 1 aliphatic heterocycles. The fourth-order valence-corrected chi connectivity index (χ4v) is 3.45. The van der Waals surface area contributed by atoms with Crippen LogP contribution in [0.2, 0.25) is 5.02 Å². The highest BCUT2D eigenvalue weighted by Crippen LogP contribution is 2.33. The lowest BCUT2D eigenvalue weighted by Crippen LogP contribution is -2.24. The Kier molecular flexibility index (Phi) is 4.65. The van der Waals surface area contributed by atoms with E-state index in [1.165, 1.54) is 17.7 Å². The molecule has 1 fully saturated rings. The maximum atomic E-state index is 6.19. The Balaban J connectivity index is 2.01. The number of hydrogen-bond acceptors (Lipinski definition) is 3. The van der Waals surface area contributed by atoms with Gasteiger partial charge in [0.1, 0.15) is 0 Å². The van der Waals surface area contributed by atoms with E-state index in [9.17, 15) is 0 Å².